The summed E-state index contributed by atoms with van der Waals surface area (Å²) in [6.07, 6.45) is 1.75. The fourth-order valence-corrected chi connectivity index (χ4v) is 2.72. The lowest BCUT2D eigenvalue weighted by Crippen LogP contribution is -2.33. The van der Waals surface area contributed by atoms with Gasteiger partial charge in [0.1, 0.15) is 11.6 Å². The van der Waals surface area contributed by atoms with Gasteiger partial charge in [-0.3, -0.25) is 4.79 Å². The molecule has 2 aromatic rings. The number of hydrogen-bond acceptors (Lipinski definition) is 3. The first-order valence-electron chi connectivity index (χ1n) is 8.00. The molecule has 2 aromatic carbocycles. The minimum atomic E-state index is -0.647. The maximum atomic E-state index is 14.0. The van der Waals surface area contributed by atoms with Crippen molar-refractivity contribution in [1.29, 1.82) is 0 Å². The van der Waals surface area contributed by atoms with Crippen LogP contribution in [0.15, 0.2) is 36.4 Å². The minimum Gasteiger partial charge on any atom is -0.493 e. The van der Waals surface area contributed by atoms with Gasteiger partial charge in [0.05, 0.1) is 14.2 Å². The normalized spacial score (nSPS) is 13.4. The van der Waals surface area contributed by atoms with Crippen LogP contribution in [0.3, 0.4) is 0 Å². The Bertz CT molecular complexity index is 790. The zero-order valence-electron chi connectivity index (χ0n) is 14.1. The summed E-state index contributed by atoms with van der Waals surface area (Å²) in [5.41, 5.74) is 0.731. The molecule has 6 heteroatoms. The maximum absolute atomic E-state index is 14.0. The van der Waals surface area contributed by atoms with Crippen molar-refractivity contribution in [3.8, 4) is 11.5 Å². The van der Waals surface area contributed by atoms with Crippen LogP contribution >= 0.6 is 0 Å². The molecule has 0 radical (unpaired) electrons. The fourth-order valence-electron chi connectivity index (χ4n) is 2.72. The number of methoxy groups -OCH3 is 2. The first-order chi connectivity index (χ1) is 12.0. The number of hydrogen-bond donors (Lipinski definition) is 0. The Morgan fingerprint density at radius 3 is 2.40 bits per heavy atom. The lowest BCUT2D eigenvalue weighted by Gasteiger charge is -2.23. The van der Waals surface area contributed by atoms with Gasteiger partial charge in [0.15, 0.2) is 11.5 Å². The third kappa shape index (κ3) is 3.73. The van der Waals surface area contributed by atoms with Gasteiger partial charge in [0.25, 0.3) is 5.91 Å². The molecule has 1 aliphatic rings. The Balaban J connectivity index is 1.86. The van der Waals surface area contributed by atoms with E-state index in [0.717, 1.165) is 18.9 Å². The summed E-state index contributed by atoms with van der Waals surface area (Å²) in [5, 5.41) is 0. The van der Waals surface area contributed by atoms with Crippen molar-refractivity contribution in [2.75, 3.05) is 14.2 Å². The molecule has 0 heterocycles. The van der Waals surface area contributed by atoms with Crippen LogP contribution in [0.4, 0.5) is 8.78 Å². The van der Waals surface area contributed by atoms with Crippen molar-refractivity contribution in [3.63, 3.8) is 0 Å². The molecule has 0 unspecified atom stereocenters. The Hall–Kier alpha value is -2.63. The van der Waals surface area contributed by atoms with Crippen LogP contribution < -0.4 is 9.47 Å². The Kier molecular flexibility index (Phi) is 4.88. The SMILES string of the molecule is COc1ccc(C(=O)N(Cc2ccc(F)cc2F)C2CC2)cc1OC. The van der Waals surface area contributed by atoms with Gasteiger partial charge in [-0.1, -0.05) is 6.07 Å². The summed E-state index contributed by atoms with van der Waals surface area (Å²) >= 11 is 0. The van der Waals surface area contributed by atoms with E-state index in [1.165, 1.54) is 26.4 Å². The van der Waals surface area contributed by atoms with Crippen molar-refractivity contribution in [3.05, 3.63) is 59.2 Å². The number of benzene rings is 2. The molecule has 1 aliphatic carbocycles. The average molecular weight is 347 g/mol. The molecule has 4 nitrogen and oxygen atoms in total. The van der Waals surface area contributed by atoms with E-state index in [-0.39, 0.29) is 18.5 Å². The first kappa shape index (κ1) is 17.2. The molecular formula is C19H19F2NO3. The molecule has 25 heavy (non-hydrogen) atoms. The second kappa shape index (κ2) is 7.09. The number of carbonyl (C=O) groups excluding carboxylic acids is 1. The molecule has 0 aliphatic heterocycles. The number of amides is 1. The highest BCUT2D eigenvalue weighted by molar-refractivity contribution is 5.95. The van der Waals surface area contributed by atoms with Gasteiger partial charge in [-0.25, -0.2) is 8.78 Å². The van der Waals surface area contributed by atoms with Crippen LogP contribution in [0, 0.1) is 11.6 Å². The molecule has 0 atom stereocenters. The fraction of sp³-hybridized carbons (Fsp3) is 0.316. The van der Waals surface area contributed by atoms with E-state index in [2.05, 4.69) is 0 Å². The van der Waals surface area contributed by atoms with Gasteiger partial charge in [0, 0.05) is 29.8 Å². The van der Waals surface area contributed by atoms with Crippen LogP contribution in [0.2, 0.25) is 0 Å². The molecule has 0 spiro atoms. The van der Waals surface area contributed by atoms with Crippen LogP contribution in [-0.4, -0.2) is 31.1 Å². The summed E-state index contributed by atoms with van der Waals surface area (Å²) in [4.78, 5) is 14.5. The molecule has 3 rings (SSSR count). The van der Waals surface area contributed by atoms with Crippen LogP contribution in [0.5, 0.6) is 11.5 Å². The standard InChI is InChI=1S/C19H19F2NO3/c1-24-17-8-4-12(9-18(17)25-2)19(23)22(15-6-7-15)11-13-3-5-14(20)10-16(13)21/h3-5,8-10,15H,6-7,11H2,1-2H3. The Morgan fingerprint density at radius 2 is 1.80 bits per heavy atom. The predicted octanol–water partition coefficient (Wildman–Crippen LogP) is 3.79. The predicted molar refractivity (Wildman–Crippen MR) is 88.8 cm³/mol. The van der Waals surface area contributed by atoms with E-state index in [4.69, 9.17) is 9.47 Å². The average Bonchev–Trinajstić information content (AvgIpc) is 3.45. The number of ether oxygens (including phenoxy) is 2. The number of halogens is 2. The maximum Gasteiger partial charge on any atom is 0.254 e. The van der Waals surface area contributed by atoms with E-state index in [1.54, 1.807) is 23.1 Å². The Morgan fingerprint density at radius 1 is 1.08 bits per heavy atom. The van der Waals surface area contributed by atoms with Gasteiger partial charge in [-0.15, -0.1) is 0 Å². The number of nitrogens with zero attached hydrogens (tertiary/aromatic N) is 1. The van der Waals surface area contributed by atoms with Crippen molar-refractivity contribution >= 4 is 5.91 Å². The van der Waals surface area contributed by atoms with Gasteiger partial charge in [-0.05, 0) is 37.1 Å². The molecular weight excluding hydrogens is 328 g/mol. The second-order valence-corrected chi connectivity index (χ2v) is 5.97. The third-order valence-corrected chi connectivity index (χ3v) is 4.23. The molecule has 0 N–H and O–H groups in total. The summed E-state index contributed by atoms with van der Waals surface area (Å²) in [7, 11) is 3.02. The van der Waals surface area contributed by atoms with E-state index >= 15 is 0 Å². The van der Waals surface area contributed by atoms with Crippen LogP contribution in [0.25, 0.3) is 0 Å². The van der Waals surface area contributed by atoms with E-state index in [1.807, 2.05) is 0 Å². The quantitative estimate of drug-likeness (QED) is 0.798. The number of carbonyl (C=O) groups is 1. The minimum absolute atomic E-state index is 0.0741. The van der Waals surface area contributed by atoms with Crippen LogP contribution in [0.1, 0.15) is 28.8 Å². The highest BCUT2D eigenvalue weighted by Crippen LogP contribution is 2.33. The molecule has 0 aromatic heterocycles. The Labute approximate surface area is 145 Å². The van der Waals surface area contributed by atoms with Gasteiger partial charge in [-0.2, -0.15) is 0 Å². The van der Waals surface area contributed by atoms with E-state index in [0.29, 0.717) is 22.6 Å². The summed E-state index contributed by atoms with van der Waals surface area (Å²) in [5.74, 6) is -0.512. The zero-order valence-corrected chi connectivity index (χ0v) is 14.1. The summed E-state index contributed by atoms with van der Waals surface area (Å²) in [6, 6.07) is 8.41. The van der Waals surface area contributed by atoms with E-state index in [9.17, 15) is 13.6 Å². The lowest BCUT2D eigenvalue weighted by molar-refractivity contribution is 0.0728. The molecule has 1 fully saturated rings. The van der Waals surface area contributed by atoms with Crippen molar-refractivity contribution in [2.45, 2.75) is 25.4 Å². The van der Waals surface area contributed by atoms with Gasteiger partial charge < -0.3 is 14.4 Å². The van der Waals surface area contributed by atoms with Gasteiger partial charge in [0.2, 0.25) is 0 Å². The summed E-state index contributed by atoms with van der Waals surface area (Å²) in [6.45, 7) is 0.101. The van der Waals surface area contributed by atoms with Gasteiger partial charge >= 0.3 is 0 Å². The monoisotopic (exact) mass is 347 g/mol. The molecule has 1 amide bonds. The lowest BCUT2D eigenvalue weighted by atomic mass is 10.1. The number of rotatable bonds is 6. The van der Waals surface area contributed by atoms with Crippen LogP contribution in [-0.2, 0) is 6.54 Å². The smallest absolute Gasteiger partial charge is 0.254 e. The van der Waals surface area contributed by atoms with Crippen molar-refractivity contribution in [1.82, 2.24) is 4.90 Å². The second-order valence-electron chi connectivity index (χ2n) is 5.97. The third-order valence-electron chi connectivity index (χ3n) is 4.23. The molecule has 0 saturated heterocycles. The van der Waals surface area contributed by atoms with Crippen molar-refractivity contribution < 1.29 is 23.0 Å². The summed E-state index contributed by atoms with van der Waals surface area (Å²) < 4.78 is 37.5. The van der Waals surface area contributed by atoms with E-state index < -0.39 is 11.6 Å². The molecule has 0 bridgehead atoms. The zero-order chi connectivity index (χ0) is 18.0. The highest BCUT2D eigenvalue weighted by Gasteiger charge is 2.33. The molecule has 1 saturated carbocycles. The first-order valence-corrected chi connectivity index (χ1v) is 8.00. The topological polar surface area (TPSA) is 38.8 Å². The largest absolute Gasteiger partial charge is 0.493 e. The van der Waals surface area contributed by atoms with Crippen molar-refractivity contribution in [2.24, 2.45) is 0 Å². The molecule has 132 valence electrons. The highest BCUT2D eigenvalue weighted by atomic mass is 19.1.